The molecule has 0 saturated heterocycles. The highest BCUT2D eigenvalue weighted by Crippen LogP contribution is 2.49. The normalized spacial score (nSPS) is 21.2. The van der Waals surface area contributed by atoms with Crippen LogP contribution in [0.25, 0.3) is 11.3 Å². The Morgan fingerprint density at radius 2 is 1.94 bits per heavy atom. The quantitative estimate of drug-likeness (QED) is 0.605. The van der Waals surface area contributed by atoms with Crippen LogP contribution in [-0.4, -0.2) is 34.1 Å². The molecule has 0 aliphatic heterocycles. The van der Waals surface area contributed by atoms with E-state index in [0.29, 0.717) is 12.4 Å². The molecule has 0 atom stereocenters. The highest BCUT2D eigenvalue weighted by atomic mass is 16.5. The van der Waals surface area contributed by atoms with Crippen LogP contribution in [0.5, 0.6) is 5.75 Å². The number of anilines is 2. The van der Waals surface area contributed by atoms with Crippen molar-refractivity contribution in [1.82, 2.24) is 15.0 Å². The monoisotopic (exact) mass is 448 g/mol. The smallest absolute Gasteiger partial charge is 0.180 e. The maximum atomic E-state index is 6.62. The van der Waals surface area contributed by atoms with E-state index in [9.17, 15) is 0 Å². The van der Waals surface area contributed by atoms with E-state index in [4.69, 9.17) is 20.6 Å². The van der Waals surface area contributed by atoms with Crippen LogP contribution in [0.4, 0.5) is 11.5 Å². The Kier molecular flexibility index (Phi) is 5.48. The fourth-order valence-corrected chi connectivity index (χ4v) is 5.35. The van der Waals surface area contributed by atoms with Gasteiger partial charge in [-0.25, -0.2) is 15.0 Å². The molecule has 1 saturated carbocycles. The van der Waals surface area contributed by atoms with Crippen molar-refractivity contribution in [2.24, 2.45) is 5.73 Å². The summed E-state index contributed by atoms with van der Waals surface area (Å²) in [5.74, 6) is 1.44. The van der Waals surface area contributed by atoms with E-state index < -0.39 is 0 Å². The zero-order valence-corrected chi connectivity index (χ0v) is 19.5. The number of nitrogens with zero attached hydrogens (tertiary/aromatic N) is 4. The van der Waals surface area contributed by atoms with Crippen LogP contribution in [0.2, 0.25) is 0 Å². The third-order valence-electron chi connectivity index (χ3n) is 6.95. The van der Waals surface area contributed by atoms with Crippen molar-refractivity contribution >= 4 is 11.5 Å². The molecule has 0 radical (unpaired) electrons. The Morgan fingerprint density at radius 1 is 1.15 bits per heavy atom. The zero-order valence-electron chi connectivity index (χ0n) is 19.5. The number of fused-ring (bicyclic) bond motifs is 3. The fourth-order valence-electron chi connectivity index (χ4n) is 5.35. The minimum Gasteiger partial charge on any atom is -0.488 e. The van der Waals surface area contributed by atoms with Crippen molar-refractivity contribution in [2.75, 3.05) is 17.7 Å². The Morgan fingerprint density at radius 3 is 2.67 bits per heavy atom. The summed E-state index contributed by atoms with van der Waals surface area (Å²) in [6.45, 7) is 5.01. The Balaban J connectivity index is 1.61. The molecule has 2 aliphatic carbocycles. The van der Waals surface area contributed by atoms with Crippen molar-refractivity contribution < 1.29 is 9.15 Å². The number of rotatable bonds is 5. The van der Waals surface area contributed by atoms with Crippen molar-refractivity contribution in [3.63, 3.8) is 0 Å². The summed E-state index contributed by atoms with van der Waals surface area (Å²) in [5, 5.41) is 0. The first-order valence-corrected chi connectivity index (χ1v) is 11.6. The van der Waals surface area contributed by atoms with Crippen molar-refractivity contribution in [3.05, 3.63) is 47.9 Å². The van der Waals surface area contributed by atoms with E-state index in [1.807, 2.05) is 0 Å². The first-order valence-electron chi connectivity index (χ1n) is 11.6. The molecule has 0 amide bonds. The maximum absolute atomic E-state index is 6.62. The van der Waals surface area contributed by atoms with Crippen molar-refractivity contribution in [1.29, 1.82) is 0 Å². The van der Waals surface area contributed by atoms with Crippen LogP contribution in [0.15, 0.2) is 35.5 Å². The van der Waals surface area contributed by atoms with Gasteiger partial charge in [-0.1, -0.05) is 13.8 Å². The molecule has 174 valence electrons. The molecule has 0 bridgehead atoms. The van der Waals surface area contributed by atoms with Gasteiger partial charge in [-0.05, 0) is 55.2 Å². The molecular formula is C25H32N6O2. The summed E-state index contributed by atoms with van der Waals surface area (Å²) in [5.41, 5.74) is 18.4. The predicted molar refractivity (Wildman–Crippen MR) is 128 cm³/mol. The second-order valence-electron chi connectivity index (χ2n) is 9.97. The average molecular weight is 449 g/mol. The number of ether oxygens (including phenoxy) is 1. The van der Waals surface area contributed by atoms with Crippen LogP contribution in [0.1, 0.15) is 56.4 Å². The third kappa shape index (κ3) is 4.04. The van der Waals surface area contributed by atoms with Crippen LogP contribution < -0.4 is 21.1 Å². The van der Waals surface area contributed by atoms with E-state index in [1.54, 1.807) is 12.6 Å². The molecule has 5 rings (SSSR count). The maximum Gasteiger partial charge on any atom is 0.180 e. The SMILES string of the molecule is CN(Cc1cocn1)c1c(OC2CCC(N)CC2)ccc2c1CC(C)(C)c1c(N)ncnc1-2. The summed E-state index contributed by atoms with van der Waals surface area (Å²) in [6.07, 6.45) is 9.61. The molecule has 8 nitrogen and oxygen atoms in total. The van der Waals surface area contributed by atoms with Crippen LogP contribution in [-0.2, 0) is 18.4 Å². The molecule has 0 spiro atoms. The molecule has 1 aromatic carbocycles. The van der Waals surface area contributed by atoms with Gasteiger partial charge in [-0.3, -0.25) is 0 Å². The predicted octanol–water partition coefficient (Wildman–Crippen LogP) is 3.83. The molecule has 0 unspecified atom stereocenters. The molecule has 4 N–H and O–H groups in total. The fraction of sp³-hybridized carbons (Fsp3) is 0.480. The number of benzene rings is 1. The van der Waals surface area contributed by atoms with Gasteiger partial charge in [0.25, 0.3) is 0 Å². The van der Waals surface area contributed by atoms with Crippen LogP contribution in [0.3, 0.4) is 0 Å². The van der Waals surface area contributed by atoms with Gasteiger partial charge < -0.3 is 25.5 Å². The molecule has 2 heterocycles. The number of aromatic nitrogens is 3. The standard InChI is InChI=1S/C25H32N6O2/c1-25(2)10-19-18(22-21(25)24(27)29-13-28-22)8-9-20(33-17-6-4-15(26)5-7-17)23(19)31(3)11-16-12-32-14-30-16/h8-9,12-15,17H,4-7,10-11,26H2,1-3H3,(H2,27,28,29). The average Bonchev–Trinajstić information content (AvgIpc) is 3.27. The van der Waals surface area contributed by atoms with Gasteiger partial charge in [-0.15, -0.1) is 0 Å². The highest BCUT2D eigenvalue weighted by Gasteiger charge is 2.37. The molecule has 1 fully saturated rings. The summed E-state index contributed by atoms with van der Waals surface area (Å²) in [4.78, 5) is 15.5. The topological polar surface area (TPSA) is 116 Å². The van der Waals surface area contributed by atoms with Gasteiger partial charge in [0.05, 0.1) is 29.7 Å². The molecular weight excluding hydrogens is 416 g/mol. The lowest BCUT2D eigenvalue weighted by Crippen LogP contribution is -2.33. The number of nitrogen functional groups attached to an aromatic ring is 1. The number of oxazole rings is 1. The van der Waals surface area contributed by atoms with Crippen LogP contribution in [0, 0.1) is 0 Å². The number of hydrogen-bond donors (Lipinski definition) is 2. The minimum atomic E-state index is -0.215. The first-order chi connectivity index (χ1) is 15.8. The van der Waals surface area contributed by atoms with Gasteiger partial charge in [0, 0.05) is 24.2 Å². The lowest BCUT2D eigenvalue weighted by atomic mass is 9.71. The summed E-state index contributed by atoms with van der Waals surface area (Å²) >= 11 is 0. The Labute approximate surface area is 194 Å². The van der Waals surface area contributed by atoms with E-state index in [1.165, 1.54) is 12.0 Å². The van der Waals surface area contributed by atoms with Crippen molar-refractivity contribution in [3.8, 4) is 17.0 Å². The van der Waals surface area contributed by atoms with Gasteiger partial charge in [0.1, 0.15) is 24.2 Å². The van der Waals surface area contributed by atoms with Gasteiger partial charge in [-0.2, -0.15) is 0 Å². The minimum absolute atomic E-state index is 0.170. The zero-order chi connectivity index (χ0) is 23.2. The van der Waals surface area contributed by atoms with E-state index in [2.05, 4.69) is 52.9 Å². The summed E-state index contributed by atoms with van der Waals surface area (Å²) in [7, 11) is 2.07. The largest absolute Gasteiger partial charge is 0.488 e. The van der Waals surface area contributed by atoms with E-state index in [0.717, 1.165) is 66.1 Å². The lowest BCUT2D eigenvalue weighted by Gasteiger charge is -2.37. The van der Waals surface area contributed by atoms with Gasteiger partial charge >= 0.3 is 0 Å². The van der Waals surface area contributed by atoms with Crippen LogP contribution >= 0.6 is 0 Å². The van der Waals surface area contributed by atoms with E-state index in [-0.39, 0.29) is 17.6 Å². The number of hydrogen-bond acceptors (Lipinski definition) is 8. The molecule has 3 aromatic rings. The first kappa shape index (κ1) is 21.7. The Bertz CT molecular complexity index is 1140. The number of nitrogens with two attached hydrogens (primary N) is 2. The molecule has 2 aromatic heterocycles. The molecule has 2 aliphatic rings. The van der Waals surface area contributed by atoms with Crippen molar-refractivity contribution in [2.45, 2.75) is 70.1 Å². The van der Waals surface area contributed by atoms with Gasteiger partial charge in [0.2, 0.25) is 0 Å². The second kappa shape index (κ2) is 8.33. The second-order valence-corrected chi connectivity index (χ2v) is 9.97. The summed E-state index contributed by atoms with van der Waals surface area (Å²) < 4.78 is 11.8. The third-order valence-corrected chi connectivity index (χ3v) is 6.95. The highest BCUT2D eigenvalue weighted by molar-refractivity contribution is 5.83. The van der Waals surface area contributed by atoms with Gasteiger partial charge in [0.15, 0.2) is 6.39 Å². The lowest BCUT2D eigenvalue weighted by molar-refractivity contribution is 0.147. The molecule has 8 heteroatoms. The Hall–Kier alpha value is -3.13. The molecule has 33 heavy (non-hydrogen) atoms. The van der Waals surface area contributed by atoms with E-state index >= 15 is 0 Å². The summed E-state index contributed by atoms with van der Waals surface area (Å²) in [6, 6.07) is 4.47.